The minimum atomic E-state index is -0.700. The number of thiazole rings is 1. The predicted molar refractivity (Wildman–Crippen MR) is 119 cm³/mol. The smallest absolute Gasteiger partial charge is 0.312 e. The third-order valence-electron chi connectivity index (χ3n) is 3.75. The maximum Gasteiger partial charge on any atom is 0.312 e. The highest BCUT2D eigenvalue weighted by Crippen LogP contribution is 2.32. The summed E-state index contributed by atoms with van der Waals surface area (Å²) < 4.78 is 2.51. The molecule has 3 rings (SSSR count). The van der Waals surface area contributed by atoms with E-state index in [1.165, 1.54) is 23.6 Å². The molecule has 1 aromatic heterocycles. The van der Waals surface area contributed by atoms with Crippen molar-refractivity contribution in [2.45, 2.75) is 0 Å². The molecule has 0 radical (unpaired) electrons. The van der Waals surface area contributed by atoms with Crippen molar-refractivity contribution in [1.82, 2.24) is 4.68 Å². The van der Waals surface area contributed by atoms with Crippen molar-refractivity contribution in [2.24, 2.45) is 10.1 Å². The molecular formula is C19H14BrClN4O3S. The quantitative estimate of drug-likeness (QED) is 0.221. The molecule has 0 spiro atoms. The molecule has 0 saturated heterocycles. The monoisotopic (exact) mass is 492 g/mol. The summed E-state index contributed by atoms with van der Waals surface area (Å²) in [6, 6.07) is 10.2. The van der Waals surface area contributed by atoms with Crippen molar-refractivity contribution in [3.8, 4) is 17.0 Å². The van der Waals surface area contributed by atoms with Gasteiger partial charge in [-0.3, -0.25) is 15.1 Å². The number of benzene rings is 2. The number of halogens is 2. The van der Waals surface area contributed by atoms with Crippen LogP contribution >= 0.6 is 38.9 Å². The summed E-state index contributed by atoms with van der Waals surface area (Å²) in [7, 11) is 0. The minimum absolute atomic E-state index is 0.120. The van der Waals surface area contributed by atoms with Gasteiger partial charge in [-0.2, -0.15) is 5.10 Å². The molecule has 0 aliphatic heterocycles. The Morgan fingerprint density at radius 1 is 1.38 bits per heavy atom. The molecule has 0 aliphatic carbocycles. The minimum Gasteiger partial charge on any atom is -0.502 e. The first-order chi connectivity index (χ1) is 13.9. The van der Waals surface area contributed by atoms with Gasteiger partial charge in [0.05, 0.1) is 23.4 Å². The topological polar surface area (TPSA) is 93.0 Å². The van der Waals surface area contributed by atoms with Gasteiger partial charge in [-0.1, -0.05) is 45.7 Å². The second-order valence-corrected chi connectivity index (χ2v) is 7.91. The average Bonchev–Trinajstić information content (AvgIpc) is 3.09. The highest BCUT2D eigenvalue weighted by atomic mass is 79.9. The number of aromatic nitrogens is 1. The van der Waals surface area contributed by atoms with Gasteiger partial charge in [0.1, 0.15) is 0 Å². The van der Waals surface area contributed by atoms with E-state index in [9.17, 15) is 15.2 Å². The lowest BCUT2D eigenvalue weighted by atomic mass is 10.2. The van der Waals surface area contributed by atoms with Crippen molar-refractivity contribution in [3.05, 3.63) is 84.4 Å². The van der Waals surface area contributed by atoms with Gasteiger partial charge in [-0.15, -0.1) is 17.9 Å². The van der Waals surface area contributed by atoms with E-state index in [0.29, 0.717) is 11.3 Å². The molecule has 10 heteroatoms. The molecule has 0 aliphatic rings. The van der Waals surface area contributed by atoms with Crippen LogP contribution in [-0.4, -0.2) is 27.5 Å². The highest BCUT2D eigenvalue weighted by molar-refractivity contribution is 9.10. The molecule has 0 amide bonds. The first-order valence-corrected chi connectivity index (χ1v) is 10.2. The molecular weight excluding hydrogens is 480 g/mol. The van der Waals surface area contributed by atoms with E-state index < -0.39 is 16.4 Å². The molecule has 1 heterocycles. The van der Waals surface area contributed by atoms with Crippen LogP contribution in [0.15, 0.2) is 69.0 Å². The summed E-state index contributed by atoms with van der Waals surface area (Å²) in [5.74, 6) is -0.507. The molecule has 2 aromatic carbocycles. The third-order valence-corrected chi connectivity index (χ3v) is 5.32. The van der Waals surface area contributed by atoms with Crippen molar-refractivity contribution < 1.29 is 10.0 Å². The van der Waals surface area contributed by atoms with Gasteiger partial charge in [0.2, 0.25) is 10.6 Å². The molecule has 1 N–H and O–H groups in total. The van der Waals surface area contributed by atoms with Gasteiger partial charge >= 0.3 is 5.69 Å². The molecule has 148 valence electrons. The zero-order chi connectivity index (χ0) is 21.0. The average molecular weight is 494 g/mol. The van der Waals surface area contributed by atoms with E-state index in [1.54, 1.807) is 10.8 Å². The van der Waals surface area contributed by atoms with Crippen molar-refractivity contribution in [3.63, 3.8) is 0 Å². The summed E-state index contributed by atoms with van der Waals surface area (Å²) in [6.45, 7) is 4.07. The number of hydrogen-bond acceptors (Lipinski definition) is 6. The summed E-state index contributed by atoms with van der Waals surface area (Å²) in [6.07, 6.45) is 2.98. The molecule has 0 unspecified atom stereocenters. The van der Waals surface area contributed by atoms with E-state index in [2.05, 4.69) is 32.6 Å². The van der Waals surface area contributed by atoms with Crippen molar-refractivity contribution >= 4 is 50.8 Å². The fraction of sp³-hybridized carbons (Fsp3) is 0.0526. The largest absolute Gasteiger partial charge is 0.502 e. The Labute approximate surface area is 183 Å². The second-order valence-electron chi connectivity index (χ2n) is 5.72. The van der Waals surface area contributed by atoms with Crippen LogP contribution in [-0.2, 0) is 0 Å². The Balaban J connectivity index is 2.14. The van der Waals surface area contributed by atoms with E-state index in [-0.39, 0.29) is 10.6 Å². The number of rotatable bonds is 6. The zero-order valence-electron chi connectivity index (χ0n) is 14.8. The first kappa shape index (κ1) is 21.0. The zero-order valence-corrected chi connectivity index (χ0v) is 18.0. The number of nitro benzene ring substituents is 1. The van der Waals surface area contributed by atoms with E-state index in [0.717, 1.165) is 21.8 Å². The van der Waals surface area contributed by atoms with Crippen molar-refractivity contribution in [2.75, 3.05) is 6.54 Å². The second kappa shape index (κ2) is 9.17. The molecule has 0 atom stereocenters. The number of phenolic OH excluding ortho intramolecular Hbond substituents is 1. The first-order valence-electron chi connectivity index (χ1n) is 8.20. The number of aromatic hydroxyl groups is 1. The summed E-state index contributed by atoms with van der Waals surface area (Å²) in [5.41, 5.74) is 1.30. The fourth-order valence-electron chi connectivity index (χ4n) is 2.47. The molecule has 3 aromatic rings. The van der Waals surface area contributed by atoms with Crippen molar-refractivity contribution in [1.29, 1.82) is 0 Å². The van der Waals surface area contributed by atoms with Gasteiger partial charge in [-0.05, 0) is 18.2 Å². The Hall–Kier alpha value is -2.75. The number of nitrogens with zero attached hydrogens (tertiary/aromatic N) is 4. The maximum absolute atomic E-state index is 11.1. The molecule has 29 heavy (non-hydrogen) atoms. The Kier molecular flexibility index (Phi) is 6.63. The number of phenols is 1. The lowest BCUT2D eigenvalue weighted by Gasteiger charge is -2.05. The Bertz CT molecular complexity index is 1190. The number of hydrogen-bond donors (Lipinski definition) is 1. The number of nitro groups is 1. The van der Waals surface area contributed by atoms with E-state index in [1.807, 2.05) is 29.6 Å². The van der Waals surface area contributed by atoms with Gasteiger partial charge < -0.3 is 5.11 Å². The van der Waals surface area contributed by atoms with Crippen LogP contribution in [0.4, 0.5) is 5.69 Å². The van der Waals surface area contributed by atoms with Gasteiger partial charge in [0, 0.05) is 32.1 Å². The Morgan fingerprint density at radius 2 is 2.17 bits per heavy atom. The molecule has 0 fully saturated rings. The van der Waals surface area contributed by atoms with Gasteiger partial charge in [0.25, 0.3) is 0 Å². The maximum atomic E-state index is 11.1. The normalized spacial score (nSPS) is 11.9. The fourth-order valence-corrected chi connectivity index (χ4v) is 3.94. The SMILES string of the molecule is C=CCN=c1scc(-c2cccc(Br)c2)n1N=Cc1cc(Cl)cc([N+](=O)[O-])c1O. The summed E-state index contributed by atoms with van der Waals surface area (Å²) in [5, 5.41) is 27.8. The molecule has 0 bridgehead atoms. The van der Waals surface area contributed by atoms with E-state index >= 15 is 0 Å². The van der Waals surface area contributed by atoms with Crippen LogP contribution in [0.25, 0.3) is 11.3 Å². The van der Waals surface area contributed by atoms with E-state index in [4.69, 9.17) is 11.6 Å². The Morgan fingerprint density at radius 3 is 2.86 bits per heavy atom. The lowest BCUT2D eigenvalue weighted by Crippen LogP contribution is -2.12. The van der Waals surface area contributed by atoms with Crippen LogP contribution in [0.3, 0.4) is 0 Å². The van der Waals surface area contributed by atoms with Gasteiger partial charge in [-0.25, -0.2) is 4.68 Å². The predicted octanol–water partition coefficient (Wildman–Crippen LogP) is 5.22. The molecule has 0 saturated carbocycles. The molecule has 7 nitrogen and oxygen atoms in total. The van der Waals surface area contributed by atoms with Crippen LogP contribution in [0.1, 0.15) is 5.56 Å². The van der Waals surface area contributed by atoms with Gasteiger partial charge in [0.15, 0.2) is 0 Å². The van der Waals surface area contributed by atoms with Crippen LogP contribution in [0.5, 0.6) is 5.75 Å². The van der Waals surface area contributed by atoms with Crippen LogP contribution < -0.4 is 4.80 Å². The summed E-state index contributed by atoms with van der Waals surface area (Å²) in [4.78, 5) is 15.4. The summed E-state index contributed by atoms with van der Waals surface area (Å²) >= 11 is 10.8. The highest BCUT2D eigenvalue weighted by Gasteiger charge is 2.18. The lowest BCUT2D eigenvalue weighted by molar-refractivity contribution is -0.385. The third kappa shape index (κ3) is 4.81. The standard InChI is InChI=1S/C19H14BrClN4O3S/c1-2-6-22-19-24(17(11-29-19)12-4-3-5-14(20)7-12)23-10-13-8-15(21)9-16(18(13)26)25(27)28/h2-5,7-11,26H,1,6H2. The van der Waals surface area contributed by atoms with Crippen LogP contribution in [0.2, 0.25) is 5.02 Å². The van der Waals surface area contributed by atoms with Crippen LogP contribution in [0, 0.1) is 10.1 Å².